The lowest BCUT2D eigenvalue weighted by Crippen LogP contribution is -2.14. The van der Waals surface area contributed by atoms with Crippen LogP contribution in [-0.4, -0.2) is 43.9 Å². The van der Waals surface area contributed by atoms with E-state index >= 15 is 0 Å². The van der Waals surface area contributed by atoms with Gasteiger partial charge in [0.15, 0.2) is 16.6 Å². The highest BCUT2D eigenvalue weighted by Gasteiger charge is 2.15. The minimum absolute atomic E-state index is 0.0153. The van der Waals surface area contributed by atoms with Crippen LogP contribution < -0.4 is 5.56 Å². The molecule has 140 valence electrons. The molecule has 0 saturated carbocycles. The van der Waals surface area contributed by atoms with Crippen molar-refractivity contribution in [2.24, 2.45) is 0 Å². The Kier molecular flexibility index (Phi) is 5.92. The SMILES string of the molecule is CCOC(=O)CC(=O)CSc1nc2c(cnn2-c2cccc(Cl)c2)c(=O)[nH]1. The van der Waals surface area contributed by atoms with Gasteiger partial charge in [0.2, 0.25) is 0 Å². The van der Waals surface area contributed by atoms with Crippen LogP contribution in [0.1, 0.15) is 13.3 Å². The van der Waals surface area contributed by atoms with Crippen LogP contribution in [0.3, 0.4) is 0 Å². The highest BCUT2D eigenvalue weighted by Crippen LogP contribution is 2.20. The predicted octanol–water partition coefficient (Wildman–Crippen LogP) is 2.38. The van der Waals surface area contributed by atoms with E-state index in [1.54, 1.807) is 31.2 Å². The highest BCUT2D eigenvalue weighted by atomic mass is 35.5. The molecular weight excluding hydrogens is 392 g/mol. The first kappa shape index (κ1) is 19.1. The molecule has 0 aliphatic heterocycles. The zero-order valence-electron chi connectivity index (χ0n) is 14.3. The molecule has 0 radical (unpaired) electrons. The average molecular weight is 407 g/mol. The van der Waals surface area contributed by atoms with Gasteiger partial charge in [-0.3, -0.25) is 14.4 Å². The molecule has 8 nitrogen and oxygen atoms in total. The van der Waals surface area contributed by atoms with Crippen molar-refractivity contribution in [1.82, 2.24) is 19.7 Å². The van der Waals surface area contributed by atoms with Crippen molar-refractivity contribution < 1.29 is 14.3 Å². The number of ketones is 1. The largest absolute Gasteiger partial charge is 0.466 e. The van der Waals surface area contributed by atoms with Crippen molar-refractivity contribution in [3.05, 3.63) is 45.8 Å². The molecule has 0 aliphatic carbocycles. The summed E-state index contributed by atoms with van der Waals surface area (Å²) < 4.78 is 6.24. The van der Waals surface area contributed by atoms with Gasteiger partial charge in [0, 0.05) is 5.02 Å². The lowest BCUT2D eigenvalue weighted by atomic mass is 10.3. The molecule has 27 heavy (non-hydrogen) atoms. The van der Waals surface area contributed by atoms with Gasteiger partial charge in [-0.1, -0.05) is 29.4 Å². The summed E-state index contributed by atoms with van der Waals surface area (Å²) in [6, 6.07) is 6.99. The maximum Gasteiger partial charge on any atom is 0.313 e. The molecule has 0 saturated heterocycles. The number of esters is 1. The Balaban J connectivity index is 1.83. The van der Waals surface area contributed by atoms with Gasteiger partial charge in [-0.25, -0.2) is 9.67 Å². The van der Waals surface area contributed by atoms with Crippen LogP contribution in [-0.2, 0) is 14.3 Å². The maximum atomic E-state index is 12.3. The number of carbonyl (C=O) groups is 2. The number of aromatic amines is 1. The molecule has 3 rings (SSSR count). The molecule has 0 bridgehead atoms. The average Bonchev–Trinajstić information content (AvgIpc) is 3.05. The van der Waals surface area contributed by atoms with E-state index in [-0.39, 0.29) is 35.3 Å². The van der Waals surface area contributed by atoms with Gasteiger partial charge in [0.25, 0.3) is 5.56 Å². The summed E-state index contributed by atoms with van der Waals surface area (Å²) >= 11 is 7.05. The minimum Gasteiger partial charge on any atom is -0.466 e. The molecule has 2 aromatic heterocycles. The first-order chi connectivity index (χ1) is 13.0. The predicted molar refractivity (Wildman–Crippen MR) is 101 cm³/mol. The maximum absolute atomic E-state index is 12.3. The van der Waals surface area contributed by atoms with Crippen LogP contribution in [0.4, 0.5) is 0 Å². The van der Waals surface area contributed by atoms with E-state index in [2.05, 4.69) is 15.1 Å². The van der Waals surface area contributed by atoms with Crippen LogP contribution in [0.15, 0.2) is 40.4 Å². The lowest BCUT2D eigenvalue weighted by Gasteiger charge is -2.05. The van der Waals surface area contributed by atoms with Crippen LogP contribution in [0, 0.1) is 0 Å². The number of nitrogens with one attached hydrogen (secondary N) is 1. The van der Waals surface area contributed by atoms with Gasteiger partial charge >= 0.3 is 5.97 Å². The molecule has 1 N–H and O–H groups in total. The number of Topliss-reactive ketones (excluding diaryl/α,β-unsaturated/α-hetero) is 1. The van der Waals surface area contributed by atoms with Crippen molar-refractivity contribution in [3.63, 3.8) is 0 Å². The summed E-state index contributed by atoms with van der Waals surface area (Å²) in [5.74, 6) is -0.901. The highest BCUT2D eigenvalue weighted by molar-refractivity contribution is 7.99. The second-order valence-electron chi connectivity index (χ2n) is 5.45. The van der Waals surface area contributed by atoms with Crippen LogP contribution in [0.25, 0.3) is 16.7 Å². The summed E-state index contributed by atoms with van der Waals surface area (Å²) in [5.41, 5.74) is 0.639. The molecular formula is C17H15ClN4O4S. The van der Waals surface area contributed by atoms with Crippen LogP contribution in [0.2, 0.25) is 5.02 Å². The quantitative estimate of drug-likeness (QED) is 0.278. The lowest BCUT2D eigenvalue weighted by molar-refractivity contribution is -0.145. The molecule has 0 amide bonds. The van der Waals surface area contributed by atoms with Crippen molar-refractivity contribution in [3.8, 4) is 5.69 Å². The number of rotatable bonds is 7. The minimum atomic E-state index is -0.570. The molecule has 0 aliphatic rings. The molecule has 2 heterocycles. The number of thioether (sulfide) groups is 1. The Labute approximate surface area is 162 Å². The molecule has 1 aromatic carbocycles. The Hall–Kier alpha value is -2.65. The van der Waals surface area contributed by atoms with Gasteiger partial charge < -0.3 is 9.72 Å². The van der Waals surface area contributed by atoms with Crippen molar-refractivity contribution in [2.75, 3.05) is 12.4 Å². The Morgan fingerprint density at radius 3 is 2.93 bits per heavy atom. The Morgan fingerprint density at radius 1 is 1.37 bits per heavy atom. The molecule has 0 unspecified atom stereocenters. The summed E-state index contributed by atoms with van der Waals surface area (Å²) in [7, 11) is 0. The van der Waals surface area contributed by atoms with Gasteiger partial charge in [-0.15, -0.1) is 0 Å². The molecule has 0 atom stereocenters. The van der Waals surface area contributed by atoms with Gasteiger partial charge in [-0.05, 0) is 25.1 Å². The van der Waals surface area contributed by atoms with Crippen LogP contribution in [0.5, 0.6) is 0 Å². The summed E-state index contributed by atoms with van der Waals surface area (Å²) in [6.45, 7) is 1.89. The second-order valence-corrected chi connectivity index (χ2v) is 6.85. The number of hydrogen-bond acceptors (Lipinski definition) is 7. The van der Waals surface area contributed by atoms with Crippen molar-refractivity contribution in [2.45, 2.75) is 18.5 Å². The number of nitrogens with zero attached hydrogens (tertiary/aromatic N) is 3. The van der Waals surface area contributed by atoms with Gasteiger partial charge in [0.1, 0.15) is 11.8 Å². The summed E-state index contributed by atoms with van der Waals surface area (Å²) in [5, 5.41) is 5.30. The molecule has 0 fully saturated rings. The number of hydrogen-bond donors (Lipinski definition) is 1. The fourth-order valence-electron chi connectivity index (χ4n) is 2.34. The Morgan fingerprint density at radius 2 is 2.19 bits per heavy atom. The number of benzene rings is 1. The monoisotopic (exact) mass is 406 g/mol. The van der Waals surface area contributed by atoms with Gasteiger partial charge in [0.05, 0.1) is 24.2 Å². The number of aromatic nitrogens is 4. The third-order valence-corrected chi connectivity index (χ3v) is 4.65. The topological polar surface area (TPSA) is 107 Å². The standard InChI is InChI=1S/C17H15ClN4O4S/c1-2-26-14(24)7-12(23)9-27-17-20-15-13(16(25)21-17)8-19-22(15)11-5-3-4-10(18)6-11/h3-6,8H,2,7,9H2,1H3,(H,20,21,25). The fraction of sp³-hybridized carbons (Fsp3) is 0.235. The van der Waals surface area contributed by atoms with Crippen molar-refractivity contribution in [1.29, 1.82) is 0 Å². The zero-order chi connectivity index (χ0) is 19.4. The number of ether oxygens (including phenoxy) is 1. The van der Waals surface area contributed by atoms with E-state index in [1.165, 1.54) is 10.9 Å². The smallest absolute Gasteiger partial charge is 0.313 e. The third kappa shape index (κ3) is 4.55. The zero-order valence-corrected chi connectivity index (χ0v) is 15.8. The molecule has 10 heteroatoms. The van der Waals surface area contributed by atoms with E-state index < -0.39 is 5.97 Å². The third-order valence-electron chi connectivity index (χ3n) is 3.49. The van der Waals surface area contributed by atoms with E-state index in [4.69, 9.17) is 16.3 Å². The van der Waals surface area contributed by atoms with Gasteiger partial charge in [-0.2, -0.15) is 5.10 Å². The van der Waals surface area contributed by atoms with E-state index in [0.29, 0.717) is 21.7 Å². The fourth-order valence-corrected chi connectivity index (χ4v) is 3.24. The van der Waals surface area contributed by atoms with Crippen LogP contribution >= 0.6 is 23.4 Å². The number of H-pyrrole nitrogens is 1. The number of halogens is 1. The number of fused-ring (bicyclic) bond motifs is 1. The summed E-state index contributed by atoms with van der Waals surface area (Å²) in [6.07, 6.45) is 1.11. The summed E-state index contributed by atoms with van der Waals surface area (Å²) in [4.78, 5) is 42.5. The second kappa shape index (κ2) is 8.36. The first-order valence-electron chi connectivity index (χ1n) is 8.02. The van der Waals surface area contributed by atoms with E-state index in [1.807, 2.05) is 0 Å². The number of carbonyl (C=O) groups excluding carboxylic acids is 2. The Bertz CT molecular complexity index is 1060. The van der Waals surface area contributed by atoms with Crippen molar-refractivity contribution >= 4 is 46.1 Å². The van der Waals surface area contributed by atoms with E-state index in [9.17, 15) is 14.4 Å². The first-order valence-corrected chi connectivity index (χ1v) is 9.38. The normalized spacial score (nSPS) is 10.9. The molecule has 0 spiro atoms. The van der Waals surface area contributed by atoms with E-state index in [0.717, 1.165) is 11.8 Å². The molecule has 3 aromatic rings.